The van der Waals surface area contributed by atoms with Crippen LogP contribution in [0.1, 0.15) is 27.2 Å². The highest BCUT2D eigenvalue weighted by Crippen LogP contribution is 2.34. The summed E-state index contributed by atoms with van der Waals surface area (Å²) in [6.45, 7) is 6.58. The van der Waals surface area contributed by atoms with Crippen molar-refractivity contribution >= 4 is 28.6 Å². The molecule has 0 aliphatic rings. The van der Waals surface area contributed by atoms with Crippen LogP contribution < -0.4 is 20.1 Å². The van der Waals surface area contributed by atoms with Crippen LogP contribution in [0.5, 0.6) is 11.5 Å². The van der Waals surface area contributed by atoms with Gasteiger partial charge in [0, 0.05) is 18.9 Å². The van der Waals surface area contributed by atoms with Crippen molar-refractivity contribution in [3.8, 4) is 22.6 Å². The second-order valence-corrected chi connectivity index (χ2v) is 7.49. The fourth-order valence-corrected chi connectivity index (χ4v) is 3.15. The lowest BCUT2D eigenvalue weighted by molar-refractivity contribution is -0.114. The van der Waals surface area contributed by atoms with Gasteiger partial charge in [-0.15, -0.1) is 0 Å². The van der Waals surface area contributed by atoms with E-state index in [1.807, 2.05) is 36.4 Å². The normalized spacial score (nSPS) is 10.9. The molecule has 0 aliphatic carbocycles. The van der Waals surface area contributed by atoms with Crippen molar-refractivity contribution in [1.29, 1.82) is 0 Å². The molecular weight excluding hydrogens is 380 g/mol. The molecule has 158 valence electrons. The molecular formula is C23H28N4O3. The van der Waals surface area contributed by atoms with Crippen LogP contribution >= 0.6 is 0 Å². The van der Waals surface area contributed by atoms with Crippen molar-refractivity contribution in [1.82, 2.24) is 9.97 Å². The van der Waals surface area contributed by atoms with Crippen LogP contribution in [0.25, 0.3) is 22.0 Å². The molecule has 7 heteroatoms. The molecule has 2 N–H and O–H groups in total. The molecule has 0 aliphatic heterocycles. The molecule has 0 bridgehead atoms. The van der Waals surface area contributed by atoms with E-state index < -0.39 is 0 Å². The van der Waals surface area contributed by atoms with Crippen molar-refractivity contribution in [3.63, 3.8) is 0 Å². The summed E-state index contributed by atoms with van der Waals surface area (Å²) in [6.07, 6.45) is 1.01. The van der Waals surface area contributed by atoms with Gasteiger partial charge in [-0.05, 0) is 47.7 Å². The summed E-state index contributed by atoms with van der Waals surface area (Å²) in [5.74, 6) is 2.71. The Kier molecular flexibility index (Phi) is 6.72. The van der Waals surface area contributed by atoms with E-state index in [1.54, 1.807) is 14.2 Å². The fourth-order valence-electron chi connectivity index (χ4n) is 3.15. The third kappa shape index (κ3) is 4.97. The van der Waals surface area contributed by atoms with Gasteiger partial charge in [0.05, 0.1) is 19.7 Å². The van der Waals surface area contributed by atoms with Crippen molar-refractivity contribution in [2.75, 3.05) is 31.4 Å². The fraction of sp³-hybridized carbons (Fsp3) is 0.348. The van der Waals surface area contributed by atoms with E-state index in [2.05, 4.69) is 34.4 Å². The predicted octanol–water partition coefficient (Wildman–Crippen LogP) is 4.73. The van der Waals surface area contributed by atoms with Crippen LogP contribution in [0.2, 0.25) is 0 Å². The Labute approximate surface area is 176 Å². The number of benzene rings is 2. The number of carbonyl (C=O) groups excluding carboxylic acids is 1. The zero-order valence-electron chi connectivity index (χ0n) is 18.1. The number of anilines is 2. The average Bonchev–Trinajstić information content (AvgIpc) is 2.72. The van der Waals surface area contributed by atoms with Crippen LogP contribution in [0.4, 0.5) is 11.8 Å². The largest absolute Gasteiger partial charge is 0.493 e. The van der Waals surface area contributed by atoms with Gasteiger partial charge in [-0.1, -0.05) is 26.0 Å². The molecule has 1 amide bonds. The molecule has 3 aromatic rings. The highest BCUT2D eigenvalue weighted by Gasteiger charge is 2.12. The monoisotopic (exact) mass is 408 g/mol. The van der Waals surface area contributed by atoms with Crippen LogP contribution in [0.15, 0.2) is 36.4 Å². The Bertz CT molecular complexity index is 1050. The summed E-state index contributed by atoms with van der Waals surface area (Å²) in [5.41, 5.74) is 2.75. The third-order valence-electron chi connectivity index (χ3n) is 4.71. The van der Waals surface area contributed by atoms with Crippen molar-refractivity contribution < 1.29 is 14.3 Å². The van der Waals surface area contributed by atoms with Gasteiger partial charge in [0.15, 0.2) is 11.5 Å². The number of rotatable bonds is 8. The number of ether oxygens (including phenoxy) is 2. The Hall–Kier alpha value is -3.35. The van der Waals surface area contributed by atoms with E-state index in [1.165, 1.54) is 6.92 Å². The number of fused-ring (bicyclic) bond motifs is 1. The Balaban J connectivity index is 2.05. The standard InChI is InChI=1S/C23H28N4O3/c1-14(2)10-11-24-22-18-12-16(17-7-9-20(29-4)21(13-17)30-5)6-8-19(18)26-23(27-22)25-15(3)28/h6-9,12-14H,10-11H2,1-5H3,(H2,24,25,26,27,28). The van der Waals surface area contributed by atoms with Gasteiger partial charge < -0.3 is 14.8 Å². The van der Waals surface area contributed by atoms with E-state index in [0.717, 1.165) is 35.0 Å². The maximum Gasteiger partial charge on any atom is 0.231 e. The second kappa shape index (κ2) is 9.43. The van der Waals surface area contributed by atoms with E-state index in [4.69, 9.17) is 9.47 Å². The van der Waals surface area contributed by atoms with E-state index in [0.29, 0.717) is 29.2 Å². The summed E-state index contributed by atoms with van der Waals surface area (Å²) in [7, 11) is 3.24. The molecule has 0 spiro atoms. The minimum Gasteiger partial charge on any atom is -0.493 e. The van der Waals surface area contributed by atoms with Crippen molar-refractivity contribution in [2.24, 2.45) is 5.92 Å². The number of methoxy groups -OCH3 is 2. The van der Waals surface area contributed by atoms with Gasteiger partial charge in [0.1, 0.15) is 5.82 Å². The molecule has 3 rings (SSSR count). The topological polar surface area (TPSA) is 85.4 Å². The molecule has 30 heavy (non-hydrogen) atoms. The van der Waals surface area contributed by atoms with Crippen LogP contribution in [0.3, 0.4) is 0 Å². The SMILES string of the molecule is COc1ccc(-c2ccc3nc(NC(C)=O)nc(NCCC(C)C)c3c2)cc1OC. The van der Waals surface area contributed by atoms with Gasteiger partial charge in [0.2, 0.25) is 11.9 Å². The van der Waals surface area contributed by atoms with Crippen LogP contribution in [0, 0.1) is 5.92 Å². The number of hydrogen-bond acceptors (Lipinski definition) is 6. The third-order valence-corrected chi connectivity index (χ3v) is 4.71. The molecule has 1 heterocycles. The minimum atomic E-state index is -0.204. The van der Waals surface area contributed by atoms with Gasteiger partial charge in [0.25, 0.3) is 0 Å². The van der Waals surface area contributed by atoms with Crippen LogP contribution in [-0.4, -0.2) is 36.6 Å². The van der Waals surface area contributed by atoms with Gasteiger partial charge in [-0.25, -0.2) is 4.98 Å². The molecule has 1 aromatic heterocycles. The molecule has 0 radical (unpaired) electrons. The summed E-state index contributed by atoms with van der Waals surface area (Å²) in [4.78, 5) is 20.5. The first kappa shape index (κ1) is 21.4. The molecule has 0 fully saturated rings. The molecule has 7 nitrogen and oxygen atoms in total. The Morgan fingerprint density at radius 3 is 2.37 bits per heavy atom. The van der Waals surface area contributed by atoms with E-state index in [9.17, 15) is 4.79 Å². The number of amides is 1. The molecule has 0 unspecified atom stereocenters. The van der Waals surface area contributed by atoms with Crippen LogP contribution in [-0.2, 0) is 4.79 Å². The molecule has 0 saturated carbocycles. The smallest absolute Gasteiger partial charge is 0.231 e. The first-order chi connectivity index (χ1) is 14.4. The van der Waals surface area contributed by atoms with Crippen molar-refractivity contribution in [3.05, 3.63) is 36.4 Å². The first-order valence-electron chi connectivity index (χ1n) is 9.97. The first-order valence-corrected chi connectivity index (χ1v) is 9.97. The lowest BCUT2D eigenvalue weighted by Crippen LogP contribution is -2.12. The zero-order chi connectivity index (χ0) is 21.7. The number of carbonyl (C=O) groups is 1. The summed E-state index contributed by atoms with van der Waals surface area (Å²) < 4.78 is 10.8. The summed E-state index contributed by atoms with van der Waals surface area (Å²) in [6, 6.07) is 11.8. The maximum atomic E-state index is 11.5. The Morgan fingerprint density at radius 1 is 1.00 bits per heavy atom. The van der Waals surface area contributed by atoms with Gasteiger partial charge >= 0.3 is 0 Å². The zero-order valence-corrected chi connectivity index (χ0v) is 18.1. The lowest BCUT2D eigenvalue weighted by Gasteiger charge is -2.14. The highest BCUT2D eigenvalue weighted by molar-refractivity contribution is 5.95. The van der Waals surface area contributed by atoms with E-state index in [-0.39, 0.29) is 5.91 Å². The summed E-state index contributed by atoms with van der Waals surface area (Å²) >= 11 is 0. The second-order valence-electron chi connectivity index (χ2n) is 7.49. The quantitative estimate of drug-likeness (QED) is 0.560. The number of aromatic nitrogens is 2. The molecule has 0 saturated heterocycles. The minimum absolute atomic E-state index is 0.204. The van der Waals surface area contributed by atoms with E-state index >= 15 is 0 Å². The Morgan fingerprint density at radius 2 is 1.70 bits per heavy atom. The maximum absolute atomic E-state index is 11.5. The number of nitrogens with one attached hydrogen (secondary N) is 2. The average molecular weight is 409 g/mol. The van der Waals surface area contributed by atoms with Gasteiger partial charge in [-0.3, -0.25) is 10.1 Å². The molecule has 2 aromatic carbocycles. The highest BCUT2D eigenvalue weighted by atomic mass is 16.5. The summed E-state index contributed by atoms with van der Waals surface area (Å²) in [5, 5.41) is 6.97. The number of hydrogen-bond donors (Lipinski definition) is 2. The number of nitrogens with zero attached hydrogens (tertiary/aromatic N) is 2. The lowest BCUT2D eigenvalue weighted by atomic mass is 10.0. The van der Waals surface area contributed by atoms with Crippen molar-refractivity contribution in [2.45, 2.75) is 27.2 Å². The van der Waals surface area contributed by atoms with Gasteiger partial charge in [-0.2, -0.15) is 4.98 Å². The predicted molar refractivity (Wildman–Crippen MR) is 120 cm³/mol. The molecule has 0 atom stereocenters.